The smallest absolute Gasteiger partial charge is 0.235 e. The molecule has 0 unspecified atom stereocenters. The lowest BCUT2D eigenvalue weighted by molar-refractivity contribution is -0.142. The molecule has 1 aromatic heterocycles. The van der Waals surface area contributed by atoms with Crippen LogP contribution in [0.4, 0.5) is 17.6 Å². The lowest BCUT2D eigenvalue weighted by Crippen LogP contribution is -2.18. The molecule has 0 amide bonds. The van der Waals surface area contributed by atoms with Gasteiger partial charge in [0, 0.05) is 6.07 Å². The molecule has 0 aliphatic heterocycles. The Bertz CT molecular complexity index is 534. The van der Waals surface area contributed by atoms with Crippen molar-refractivity contribution < 1.29 is 17.6 Å². The van der Waals surface area contributed by atoms with Crippen LogP contribution in [-0.4, -0.2) is 21.2 Å². The average molecular weight is 298 g/mol. The quantitative estimate of drug-likeness (QED) is 0.758. The van der Waals surface area contributed by atoms with Gasteiger partial charge in [-0.15, -0.1) is 5.10 Å². The molecule has 0 bridgehead atoms. The monoisotopic (exact) mass is 297 g/mol. The third-order valence-electron chi connectivity index (χ3n) is 1.87. The Morgan fingerprint density at radius 3 is 2.62 bits per heavy atom. The summed E-state index contributed by atoms with van der Waals surface area (Å²) in [4.78, 5) is 0. The van der Waals surface area contributed by atoms with Gasteiger partial charge >= 0.3 is 6.18 Å². The Morgan fingerprint density at radius 2 is 2.00 bits per heavy atom. The molecular weight excluding hydrogens is 294 g/mol. The molecule has 86 valence electrons. The second-order valence-electron chi connectivity index (χ2n) is 3.12. The second-order valence-corrected chi connectivity index (χ2v) is 3.97. The first kappa shape index (κ1) is 11.3. The summed E-state index contributed by atoms with van der Waals surface area (Å²) in [5, 5.41) is 6.88. The van der Waals surface area contributed by atoms with E-state index >= 15 is 0 Å². The van der Waals surface area contributed by atoms with E-state index in [0.29, 0.717) is 4.68 Å². The summed E-state index contributed by atoms with van der Waals surface area (Å²) in [6.07, 6.45) is -4.42. The Hall–Kier alpha value is -1.18. The van der Waals surface area contributed by atoms with Crippen molar-refractivity contribution in [2.24, 2.45) is 0 Å². The molecule has 16 heavy (non-hydrogen) atoms. The lowest BCUT2D eigenvalue weighted by atomic mass is 10.3. The van der Waals surface area contributed by atoms with Crippen LogP contribution >= 0.6 is 15.9 Å². The number of alkyl halides is 3. The van der Waals surface area contributed by atoms with Crippen molar-refractivity contribution >= 4 is 27.0 Å². The van der Waals surface area contributed by atoms with Crippen molar-refractivity contribution in [3.63, 3.8) is 0 Å². The van der Waals surface area contributed by atoms with Crippen molar-refractivity contribution in [3.8, 4) is 0 Å². The molecule has 0 aliphatic carbocycles. The fourth-order valence-electron chi connectivity index (χ4n) is 1.28. The Morgan fingerprint density at radius 1 is 1.31 bits per heavy atom. The molecule has 1 heterocycles. The SMILES string of the molecule is Fc1cc(Br)c2nnn(CC(F)(F)F)c2c1. The van der Waals surface area contributed by atoms with Gasteiger partial charge in [0.1, 0.15) is 17.9 Å². The lowest BCUT2D eigenvalue weighted by Gasteiger charge is -2.06. The van der Waals surface area contributed by atoms with Crippen LogP contribution in [0.15, 0.2) is 16.6 Å². The third kappa shape index (κ3) is 2.16. The van der Waals surface area contributed by atoms with Crippen LogP contribution in [0.2, 0.25) is 0 Å². The molecule has 2 rings (SSSR count). The van der Waals surface area contributed by atoms with Crippen molar-refractivity contribution in [3.05, 3.63) is 22.4 Å². The van der Waals surface area contributed by atoms with Gasteiger partial charge in [0.25, 0.3) is 0 Å². The van der Waals surface area contributed by atoms with Crippen LogP contribution in [0.3, 0.4) is 0 Å². The van der Waals surface area contributed by atoms with E-state index in [2.05, 4.69) is 26.2 Å². The van der Waals surface area contributed by atoms with Gasteiger partial charge < -0.3 is 0 Å². The highest BCUT2D eigenvalue weighted by molar-refractivity contribution is 9.10. The van der Waals surface area contributed by atoms with Crippen LogP contribution in [0.5, 0.6) is 0 Å². The fourth-order valence-corrected chi connectivity index (χ4v) is 1.78. The van der Waals surface area contributed by atoms with Crippen molar-refractivity contribution in [1.82, 2.24) is 15.0 Å². The molecule has 0 atom stereocenters. The number of aromatic nitrogens is 3. The molecule has 8 heteroatoms. The van der Waals surface area contributed by atoms with Crippen LogP contribution in [0, 0.1) is 5.82 Å². The molecule has 3 nitrogen and oxygen atoms in total. The Kier molecular flexibility index (Phi) is 2.61. The minimum absolute atomic E-state index is 0.00389. The number of benzene rings is 1. The van der Waals surface area contributed by atoms with Crippen LogP contribution in [-0.2, 0) is 6.54 Å². The van der Waals surface area contributed by atoms with E-state index in [1.807, 2.05) is 0 Å². The van der Waals surface area contributed by atoms with E-state index in [1.54, 1.807) is 0 Å². The number of fused-ring (bicyclic) bond motifs is 1. The van der Waals surface area contributed by atoms with Gasteiger partial charge in [-0.2, -0.15) is 13.2 Å². The highest BCUT2D eigenvalue weighted by Gasteiger charge is 2.29. The number of hydrogen-bond donors (Lipinski definition) is 0. The summed E-state index contributed by atoms with van der Waals surface area (Å²) >= 11 is 3.00. The van der Waals surface area contributed by atoms with E-state index in [0.717, 1.165) is 12.1 Å². The van der Waals surface area contributed by atoms with Gasteiger partial charge in [0.2, 0.25) is 0 Å². The van der Waals surface area contributed by atoms with Gasteiger partial charge in [-0.05, 0) is 22.0 Å². The topological polar surface area (TPSA) is 30.7 Å². The van der Waals surface area contributed by atoms with E-state index < -0.39 is 18.5 Å². The molecule has 1 aromatic carbocycles. The van der Waals surface area contributed by atoms with Gasteiger partial charge in [-0.3, -0.25) is 0 Å². The summed E-state index contributed by atoms with van der Waals surface area (Å²) in [6.45, 7) is -1.29. The predicted octanol–water partition coefficient (Wildman–Crippen LogP) is 2.90. The maximum atomic E-state index is 13.0. The molecule has 0 saturated heterocycles. The highest BCUT2D eigenvalue weighted by Crippen LogP contribution is 2.25. The van der Waals surface area contributed by atoms with E-state index in [-0.39, 0.29) is 15.5 Å². The molecule has 0 fully saturated rings. The van der Waals surface area contributed by atoms with Crippen LogP contribution < -0.4 is 0 Å². The second kappa shape index (κ2) is 3.69. The van der Waals surface area contributed by atoms with Crippen molar-refractivity contribution in [1.29, 1.82) is 0 Å². The minimum atomic E-state index is -4.42. The number of halogens is 5. The molecule has 0 radical (unpaired) electrons. The molecular formula is C8H4BrF4N3. The van der Waals surface area contributed by atoms with Gasteiger partial charge in [0.05, 0.1) is 9.99 Å². The summed E-state index contributed by atoms with van der Waals surface area (Å²) < 4.78 is 50.4. The maximum Gasteiger partial charge on any atom is 0.408 e. The third-order valence-corrected chi connectivity index (χ3v) is 2.47. The summed E-state index contributed by atoms with van der Waals surface area (Å²) in [7, 11) is 0. The summed E-state index contributed by atoms with van der Waals surface area (Å²) in [6, 6.07) is 2.08. The molecule has 0 N–H and O–H groups in total. The normalized spacial score (nSPS) is 12.3. The van der Waals surface area contributed by atoms with Gasteiger partial charge in [-0.1, -0.05) is 5.21 Å². The zero-order chi connectivity index (χ0) is 11.9. The number of hydrogen-bond acceptors (Lipinski definition) is 2. The Labute approximate surface area is 95.2 Å². The first-order chi connectivity index (χ1) is 7.37. The van der Waals surface area contributed by atoms with Gasteiger partial charge in [0.15, 0.2) is 0 Å². The highest BCUT2D eigenvalue weighted by atomic mass is 79.9. The molecule has 0 saturated carbocycles. The largest absolute Gasteiger partial charge is 0.408 e. The first-order valence-corrected chi connectivity index (χ1v) is 4.91. The van der Waals surface area contributed by atoms with E-state index in [1.165, 1.54) is 0 Å². The van der Waals surface area contributed by atoms with Crippen molar-refractivity contribution in [2.75, 3.05) is 0 Å². The Balaban J connectivity index is 2.56. The van der Waals surface area contributed by atoms with Crippen molar-refractivity contribution in [2.45, 2.75) is 12.7 Å². The fraction of sp³-hybridized carbons (Fsp3) is 0.250. The van der Waals surface area contributed by atoms with E-state index in [4.69, 9.17) is 0 Å². The molecule has 0 aliphatic rings. The van der Waals surface area contributed by atoms with Crippen LogP contribution in [0.1, 0.15) is 0 Å². The maximum absolute atomic E-state index is 13.0. The summed E-state index contributed by atoms with van der Waals surface area (Å²) in [5.41, 5.74) is 0.204. The minimum Gasteiger partial charge on any atom is -0.235 e. The average Bonchev–Trinajstić information content (AvgIpc) is 2.46. The zero-order valence-corrected chi connectivity index (χ0v) is 9.18. The number of rotatable bonds is 1. The number of nitrogens with zero attached hydrogens (tertiary/aromatic N) is 3. The molecule has 0 spiro atoms. The first-order valence-electron chi connectivity index (χ1n) is 4.12. The molecule has 2 aromatic rings. The predicted molar refractivity (Wildman–Crippen MR) is 51.2 cm³/mol. The van der Waals surface area contributed by atoms with Crippen LogP contribution in [0.25, 0.3) is 11.0 Å². The summed E-state index contributed by atoms with van der Waals surface area (Å²) in [5.74, 6) is -0.648. The zero-order valence-electron chi connectivity index (χ0n) is 7.59. The standard InChI is InChI=1S/C8H4BrF4N3/c9-5-1-4(10)2-6-7(5)14-15-16(6)3-8(11,12)13/h1-2H,3H2. The van der Waals surface area contributed by atoms with E-state index in [9.17, 15) is 17.6 Å². The van der Waals surface area contributed by atoms with Gasteiger partial charge in [-0.25, -0.2) is 9.07 Å².